The lowest BCUT2D eigenvalue weighted by atomic mass is 10.1. The zero-order valence-corrected chi connectivity index (χ0v) is 20.0. The highest BCUT2D eigenvalue weighted by atomic mass is 35.5. The van der Waals surface area contributed by atoms with Gasteiger partial charge in [0.2, 0.25) is 11.9 Å². The van der Waals surface area contributed by atoms with Crippen LogP contribution in [-0.2, 0) is 4.79 Å². The van der Waals surface area contributed by atoms with Crippen molar-refractivity contribution >= 4 is 46.8 Å². The van der Waals surface area contributed by atoms with E-state index in [1.165, 1.54) is 0 Å². The van der Waals surface area contributed by atoms with Crippen molar-refractivity contribution in [2.45, 2.75) is 12.8 Å². The van der Waals surface area contributed by atoms with Crippen LogP contribution in [0.2, 0.25) is 0 Å². The third-order valence-corrected chi connectivity index (χ3v) is 5.80. The minimum absolute atomic E-state index is 0. The first-order chi connectivity index (χ1) is 16.0. The first-order valence-electron chi connectivity index (χ1n) is 10.8. The highest BCUT2D eigenvalue weighted by Gasteiger charge is 2.24. The second-order valence-electron chi connectivity index (χ2n) is 7.79. The molecule has 2 N–H and O–H groups in total. The van der Waals surface area contributed by atoms with Crippen molar-refractivity contribution in [3.05, 3.63) is 48.0 Å². The van der Waals surface area contributed by atoms with Crippen molar-refractivity contribution in [1.82, 2.24) is 14.9 Å². The predicted octanol–water partition coefficient (Wildman–Crippen LogP) is 2.96. The number of amides is 1. The van der Waals surface area contributed by atoms with Crippen molar-refractivity contribution < 1.29 is 19.1 Å². The van der Waals surface area contributed by atoms with Crippen LogP contribution in [-0.4, -0.2) is 67.0 Å². The monoisotopic (exact) mass is 485 g/mol. The second-order valence-corrected chi connectivity index (χ2v) is 7.79. The third-order valence-electron chi connectivity index (χ3n) is 5.80. The topological polar surface area (TPSA) is 111 Å². The molecule has 0 saturated carbocycles. The Morgan fingerprint density at radius 3 is 2.24 bits per heavy atom. The van der Waals surface area contributed by atoms with Crippen LogP contribution in [0.4, 0.5) is 11.8 Å². The number of carbonyl (C=O) groups excluding carboxylic acids is 2. The lowest BCUT2D eigenvalue weighted by Gasteiger charge is -2.35. The van der Waals surface area contributed by atoms with Gasteiger partial charge >= 0.3 is 0 Å². The summed E-state index contributed by atoms with van der Waals surface area (Å²) in [7, 11) is 3.13. The summed E-state index contributed by atoms with van der Waals surface area (Å²) in [6, 6.07) is 12.6. The Morgan fingerprint density at radius 1 is 0.941 bits per heavy atom. The Bertz CT molecular complexity index is 1170. The number of anilines is 2. The number of aromatic nitrogens is 2. The van der Waals surface area contributed by atoms with E-state index in [1.807, 2.05) is 23.1 Å². The molecule has 0 bridgehead atoms. The van der Waals surface area contributed by atoms with Crippen LogP contribution in [0.3, 0.4) is 0 Å². The minimum atomic E-state index is -0.0188. The van der Waals surface area contributed by atoms with Gasteiger partial charge in [0.05, 0.1) is 19.7 Å². The summed E-state index contributed by atoms with van der Waals surface area (Å²) >= 11 is 0. The van der Waals surface area contributed by atoms with E-state index in [2.05, 4.69) is 9.97 Å². The molecule has 2 aromatic carbocycles. The number of ether oxygens (including phenoxy) is 2. The number of nitrogen functional groups attached to an aromatic ring is 1. The van der Waals surface area contributed by atoms with Gasteiger partial charge in [0.25, 0.3) is 0 Å². The molecule has 3 aromatic rings. The Kier molecular flexibility index (Phi) is 8.12. The van der Waals surface area contributed by atoms with Crippen molar-refractivity contribution in [1.29, 1.82) is 0 Å². The number of Topliss-reactive ketones (excluding diaryl/α,β-unsaturated/α-hetero) is 1. The molecule has 0 spiro atoms. The molecule has 1 fully saturated rings. The Balaban J connectivity index is 0.00000324. The van der Waals surface area contributed by atoms with Gasteiger partial charge in [-0.25, -0.2) is 4.98 Å². The maximum atomic E-state index is 12.6. The smallest absolute Gasteiger partial charge is 0.228 e. The van der Waals surface area contributed by atoms with E-state index in [9.17, 15) is 9.59 Å². The number of nitrogens with zero attached hydrogens (tertiary/aromatic N) is 4. The maximum absolute atomic E-state index is 12.6. The highest BCUT2D eigenvalue weighted by Crippen LogP contribution is 2.34. The van der Waals surface area contributed by atoms with Gasteiger partial charge in [-0.3, -0.25) is 9.59 Å². The molecule has 1 amide bonds. The van der Waals surface area contributed by atoms with Crippen LogP contribution in [0.5, 0.6) is 11.5 Å². The van der Waals surface area contributed by atoms with Crippen LogP contribution in [0.1, 0.15) is 23.2 Å². The average Bonchev–Trinajstić information content (AvgIpc) is 2.86. The number of hydrogen-bond acceptors (Lipinski definition) is 8. The van der Waals surface area contributed by atoms with E-state index in [4.69, 9.17) is 15.2 Å². The van der Waals surface area contributed by atoms with Gasteiger partial charge in [0, 0.05) is 56.0 Å². The number of nitrogens with two attached hydrogens (primary N) is 1. The zero-order chi connectivity index (χ0) is 23.4. The second kappa shape index (κ2) is 11.0. The molecule has 0 radical (unpaired) electrons. The van der Waals surface area contributed by atoms with Crippen molar-refractivity contribution in [3.8, 4) is 11.5 Å². The number of hydrogen-bond donors (Lipinski definition) is 1. The molecule has 0 aliphatic carbocycles. The Labute approximate surface area is 204 Å². The van der Waals surface area contributed by atoms with Gasteiger partial charge < -0.3 is 25.0 Å². The van der Waals surface area contributed by atoms with E-state index in [1.54, 1.807) is 43.4 Å². The fourth-order valence-electron chi connectivity index (χ4n) is 3.91. The lowest BCUT2D eigenvalue weighted by molar-refractivity contribution is -0.131. The Morgan fingerprint density at radius 2 is 1.59 bits per heavy atom. The number of benzene rings is 2. The average molecular weight is 486 g/mol. The van der Waals surface area contributed by atoms with Crippen molar-refractivity contribution in [3.63, 3.8) is 0 Å². The summed E-state index contributed by atoms with van der Waals surface area (Å²) in [5.41, 5.74) is 7.49. The Hall–Kier alpha value is -3.59. The summed E-state index contributed by atoms with van der Waals surface area (Å²) in [6.07, 6.45) is 0.410. The van der Waals surface area contributed by atoms with E-state index >= 15 is 0 Å². The van der Waals surface area contributed by atoms with Crippen LogP contribution < -0.4 is 20.1 Å². The molecule has 0 atom stereocenters. The van der Waals surface area contributed by atoms with Crippen LogP contribution in [0.15, 0.2) is 42.5 Å². The number of ketones is 1. The fourth-order valence-corrected chi connectivity index (χ4v) is 3.91. The van der Waals surface area contributed by atoms with E-state index < -0.39 is 0 Å². The molecule has 1 saturated heterocycles. The largest absolute Gasteiger partial charge is 0.493 e. The molecule has 4 rings (SSSR count). The fraction of sp³-hybridized carbons (Fsp3) is 0.333. The molecule has 34 heavy (non-hydrogen) atoms. The van der Waals surface area contributed by atoms with Gasteiger partial charge in [0.1, 0.15) is 5.82 Å². The standard InChI is InChI=1S/C24H27N5O4.ClH/c1-32-20-14-17-18(15-21(20)33-2)26-24(27-23(17)25)29-12-10-28(11-13-29)22(31)9-8-19(30)16-6-4-3-5-7-16;/h3-7,14-15H,8-13H2,1-2H3,(H2,25,26,27);1H. The molecule has 10 heteroatoms. The third kappa shape index (κ3) is 5.31. The normalized spacial score (nSPS) is 13.4. The van der Waals surface area contributed by atoms with Crippen molar-refractivity contribution in [2.75, 3.05) is 51.0 Å². The van der Waals surface area contributed by atoms with Gasteiger partial charge in [-0.05, 0) is 6.07 Å². The molecule has 1 aliphatic rings. The first kappa shape index (κ1) is 25.0. The molecule has 1 aliphatic heterocycles. The first-order valence-corrected chi connectivity index (χ1v) is 10.8. The number of fused-ring (bicyclic) bond motifs is 1. The minimum Gasteiger partial charge on any atom is -0.493 e. The SMILES string of the molecule is COc1cc2nc(N3CCN(C(=O)CCC(=O)c4ccccc4)CC3)nc(N)c2cc1OC.Cl. The number of piperazine rings is 1. The van der Waals surface area contributed by atoms with E-state index in [0.717, 1.165) is 0 Å². The van der Waals surface area contributed by atoms with Gasteiger partial charge in [0.15, 0.2) is 17.3 Å². The molecular weight excluding hydrogens is 458 g/mol. The van der Waals surface area contributed by atoms with E-state index in [-0.39, 0.29) is 36.9 Å². The summed E-state index contributed by atoms with van der Waals surface area (Å²) in [6.45, 7) is 2.23. The highest BCUT2D eigenvalue weighted by molar-refractivity contribution is 5.98. The summed E-state index contributed by atoms with van der Waals surface area (Å²) in [5, 5.41) is 0.688. The lowest BCUT2D eigenvalue weighted by Crippen LogP contribution is -2.49. The molecule has 2 heterocycles. The zero-order valence-electron chi connectivity index (χ0n) is 19.2. The molecule has 9 nitrogen and oxygen atoms in total. The number of methoxy groups -OCH3 is 2. The van der Waals surface area contributed by atoms with Gasteiger partial charge in [-0.15, -0.1) is 12.4 Å². The molecule has 180 valence electrons. The molecule has 0 unspecified atom stereocenters. The molecular formula is C24H28ClN5O4. The number of halogens is 1. The predicted molar refractivity (Wildman–Crippen MR) is 133 cm³/mol. The van der Waals surface area contributed by atoms with Crippen LogP contribution >= 0.6 is 12.4 Å². The van der Waals surface area contributed by atoms with E-state index in [0.29, 0.717) is 65.9 Å². The van der Waals surface area contributed by atoms with Crippen molar-refractivity contribution in [2.24, 2.45) is 0 Å². The molecule has 1 aromatic heterocycles. The van der Waals surface area contributed by atoms with Gasteiger partial charge in [-0.1, -0.05) is 30.3 Å². The van der Waals surface area contributed by atoms with Crippen LogP contribution in [0, 0.1) is 0 Å². The summed E-state index contributed by atoms with van der Waals surface area (Å²) in [5.74, 6) is 1.96. The quantitative estimate of drug-likeness (QED) is 0.508. The summed E-state index contributed by atoms with van der Waals surface area (Å²) in [4.78, 5) is 37.8. The van der Waals surface area contributed by atoms with Gasteiger partial charge in [-0.2, -0.15) is 4.98 Å². The summed E-state index contributed by atoms with van der Waals surface area (Å²) < 4.78 is 10.7. The number of carbonyl (C=O) groups is 2. The maximum Gasteiger partial charge on any atom is 0.228 e. The number of rotatable bonds is 7. The van der Waals surface area contributed by atoms with Crippen LogP contribution in [0.25, 0.3) is 10.9 Å².